The molecule has 0 bridgehead atoms. The van der Waals surface area contributed by atoms with Crippen molar-refractivity contribution in [1.29, 1.82) is 0 Å². The molecule has 1 aromatic rings. The molecule has 2 aliphatic carbocycles. The average molecular weight is 270 g/mol. The van der Waals surface area contributed by atoms with Crippen LogP contribution in [0.5, 0.6) is 0 Å². The van der Waals surface area contributed by atoms with Crippen molar-refractivity contribution in [3.8, 4) is 0 Å². The van der Waals surface area contributed by atoms with Gasteiger partial charge in [-0.15, -0.1) is 0 Å². The molecule has 1 aliphatic heterocycles. The van der Waals surface area contributed by atoms with Gasteiger partial charge in [0.2, 0.25) is 0 Å². The molecule has 1 aromatic carbocycles. The molecule has 1 saturated carbocycles. The van der Waals surface area contributed by atoms with Crippen LogP contribution in [0.15, 0.2) is 24.3 Å². The van der Waals surface area contributed by atoms with E-state index in [0.29, 0.717) is 6.04 Å². The Morgan fingerprint density at radius 3 is 2.75 bits per heavy atom. The standard InChI is InChI=1S/C18H26N2/c1-2-7-17-14(5-1)8-11-18(17)20(16-9-10-16)13-15-6-3-4-12-19-15/h1-2,5,7,15-16,18-19H,3-4,6,8-13H2. The summed E-state index contributed by atoms with van der Waals surface area (Å²) in [5, 5.41) is 3.74. The first kappa shape index (κ1) is 12.8. The summed E-state index contributed by atoms with van der Waals surface area (Å²) in [5.41, 5.74) is 3.22. The summed E-state index contributed by atoms with van der Waals surface area (Å²) in [4.78, 5) is 2.84. The summed E-state index contributed by atoms with van der Waals surface area (Å²) in [6.45, 7) is 2.49. The first-order valence-electron chi connectivity index (χ1n) is 8.49. The van der Waals surface area contributed by atoms with E-state index in [1.807, 2.05) is 0 Å². The fourth-order valence-electron chi connectivity index (χ4n) is 4.15. The molecule has 0 aromatic heterocycles. The number of benzene rings is 1. The molecule has 1 N–H and O–H groups in total. The number of aryl methyl sites for hydroxylation is 1. The Bertz CT molecular complexity index is 460. The average Bonchev–Trinajstić information content (AvgIpc) is 3.25. The highest BCUT2D eigenvalue weighted by molar-refractivity contribution is 5.34. The van der Waals surface area contributed by atoms with Crippen LogP contribution in [0.2, 0.25) is 0 Å². The molecule has 1 heterocycles. The molecule has 20 heavy (non-hydrogen) atoms. The molecular formula is C18H26N2. The first-order chi connectivity index (χ1) is 9.92. The third-order valence-electron chi connectivity index (χ3n) is 5.36. The Kier molecular flexibility index (Phi) is 3.53. The van der Waals surface area contributed by atoms with Gasteiger partial charge in [-0.2, -0.15) is 0 Å². The molecule has 0 spiro atoms. The molecular weight excluding hydrogens is 244 g/mol. The van der Waals surface area contributed by atoms with Crippen LogP contribution in [0.4, 0.5) is 0 Å². The van der Waals surface area contributed by atoms with Gasteiger partial charge in [-0.05, 0) is 56.2 Å². The summed E-state index contributed by atoms with van der Waals surface area (Å²) < 4.78 is 0. The van der Waals surface area contributed by atoms with Gasteiger partial charge < -0.3 is 5.32 Å². The van der Waals surface area contributed by atoms with Gasteiger partial charge in [-0.1, -0.05) is 30.7 Å². The van der Waals surface area contributed by atoms with Gasteiger partial charge in [0.05, 0.1) is 0 Å². The van der Waals surface area contributed by atoms with Crippen molar-refractivity contribution < 1.29 is 0 Å². The molecule has 4 rings (SSSR count). The number of nitrogens with one attached hydrogen (secondary N) is 1. The largest absolute Gasteiger partial charge is 0.313 e. The van der Waals surface area contributed by atoms with E-state index in [2.05, 4.69) is 34.5 Å². The Morgan fingerprint density at radius 2 is 1.95 bits per heavy atom. The predicted octanol–water partition coefficient (Wildman–Crippen LogP) is 3.28. The number of rotatable bonds is 4. The third kappa shape index (κ3) is 2.51. The summed E-state index contributed by atoms with van der Waals surface area (Å²) in [5.74, 6) is 0. The molecule has 108 valence electrons. The van der Waals surface area contributed by atoms with Crippen LogP contribution in [-0.4, -0.2) is 30.1 Å². The van der Waals surface area contributed by atoms with Gasteiger partial charge in [0.25, 0.3) is 0 Å². The van der Waals surface area contributed by atoms with Crippen molar-refractivity contribution in [3.05, 3.63) is 35.4 Å². The monoisotopic (exact) mass is 270 g/mol. The molecule has 3 aliphatic rings. The van der Waals surface area contributed by atoms with Crippen LogP contribution in [0.1, 0.15) is 55.7 Å². The van der Waals surface area contributed by atoms with Crippen molar-refractivity contribution in [2.75, 3.05) is 13.1 Å². The predicted molar refractivity (Wildman–Crippen MR) is 82.9 cm³/mol. The second-order valence-corrected chi connectivity index (χ2v) is 6.83. The SMILES string of the molecule is c1ccc2c(c1)CCC2N(CC1CCCCN1)C1CC1. The van der Waals surface area contributed by atoms with Crippen molar-refractivity contribution >= 4 is 0 Å². The van der Waals surface area contributed by atoms with E-state index in [-0.39, 0.29) is 0 Å². The maximum absolute atomic E-state index is 3.74. The minimum atomic E-state index is 0.697. The van der Waals surface area contributed by atoms with Gasteiger partial charge in [0.15, 0.2) is 0 Å². The summed E-state index contributed by atoms with van der Waals surface area (Å²) in [6, 6.07) is 11.4. The van der Waals surface area contributed by atoms with E-state index in [4.69, 9.17) is 0 Å². The number of fused-ring (bicyclic) bond motifs is 1. The second kappa shape index (κ2) is 5.50. The number of piperidine rings is 1. The third-order valence-corrected chi connectivity index (χ3v) is 5.36. The Morgan fingerprint density at radius 1 is 1.05 bits per heavy atom. The second-order valence-electron chi connectivity index (χ2n) is 6.83. The molecule has 2 heteroatoms. The Hall–Kier alpha value is -0.860. The zero-order valence-corrected chi connectivity index (χ0v) is 12.4. The zero-order valence-electron chi connectivity index (χ0n) is 12.4. The van der Waals surface area contributed by atoms with Gasteiger partial charge in [-0.3, -0.25) is 4.90 Å². The fourth-order valence-corrected chi connectivity index (χ4v) is 4.15. The van der Waals surface area contributed by atoms with Crippen LogP contribution in [0.3, 0.4) is 0 Å². The van der Waals surface area contributed by atoms with Crippen molar-refractivity contribution in [3.63, 3.8) is 0 Å². The van der Waals surface area contributed by atoms with Crippen molar-refractivity contribution in [1.82, 2.24) is 10.2 Å². The van der Waals surface area contributed by atoms with E-state index < -0.39 is 0 Å². The van der Waals surface area contributed by atoms with Crippen molar-refractivity contribution in [2.45, 2.75) is 63.1 Å². The molecule has 2 atom stereocenters. The van der Waals surface area contributed by atoms with Gasteiger partial charge in [-0.25, -0.2) is 0 Å². The minimum absolute atomic E-state index is 0.697. The van der Waals surface area contributed by atoms with Crippen LogP contribution in [0, 0.1) is 0 Å². The van der Waals surface area contributed by atoms with Gasteiger partial charge in [0, 0.05) is 24.7 Å². The number of hydrogen-bond donors (Lipinski definition) is 1. The molecule has 2 nitrogen and oxygen atoms in total. The van der Waals surface area contributed by atoms with Crippen LogP contribution in [0.25, 0.3) is 0 Å². The molecule has 2 fully saturated rings. The molecule has 0 radical (unpaired) electrons. The maximum atomic E-state index is 3.74. The van der Waals surface area contributed by atoms with E-state index in [9.17, 15) is 0 Å². The Labute approximate surface area is 122 Å². The van der Waals surface area contributed by atoms with Gasteiger partial charge in [0.1, 0.15) is 0 Å². The maximum Gasteiger partial charge on any atom is 0.0357 e. The highest BCUT2D eigenvalue weighted by atomic mass is 15.2. The lowest BCUT2D eigenvalue weighted by Crippen LogP contribution is -2.45. The highest BCUT2D eigenvalue weighted by Crippen LogP contribution is 2.41. The first-order valence-corrected chi connectivity index (χ1v) is 8.49. The summed E-state index contributed by atoms with van der Waals surface area (Å²) in [7, 11) is 0. The lowest BCUT2D eigenvalue weighted by molar-refractivity contribution is 0.156. The van der Waals surface area contributed by atoms with Gasteiger partial charge >= 0.3 is 0 Å². The van der Waals surface area contributed by atoms with E-state index >= 15 is 0 Å². The minimum Gasteiger partial charge on any atom is -0.313 e. The fraction of sp³-hybridized carbons (Fsp3) is 0.667. The number of nitrogens with zero attached hydrogens (tertiary/aromatic N) is 1. The number of hydrogen-bond acceptors (Lipinski definition) is 2. The molecule has 1 saturated heterocycles. The van der Waals surface area contributed by atoms with Crippen LogP contribution in [-0.2, 0) is 6.42 Å². The van der Waals surface area contributed by atoms with E-state index in [0.717, 1.165) is 12.1 Å². The molecule has 0 amide bonds. The quantitative estimate of drug-likeness (QED) is 0.903. The zero-order chi connectivity index (χ0) is 13.4. The summed E-state index contributed by atoms with van der Waals surface area (Å²) in [6.07, 6.45) is 9.61. The lowest BCUT2D eigenvalue weighted by Gasteiger charge is -2.35. The van der Waals surface area contributed by atoms with E-state index in [1.165, 1.54) is 58.0 Å². The normalized spacial score (nSPS) is 29.6. The lowest BCUT2D eigenvalue weighted by atomic mass is 10.0. The topological polar surface area (TPSA) is 15.3 Å². The van der Waals surface area contributed by atoms with Crippen LogP contribution >= 0.6 is 0 Å². The highest BCUT2D eigenvalue weighted by Gasteiger charge is 2.38. The van der Waals surface area contributed by atoms with Crippen molar-refractivity contribution in [2.24, 2.45) is 0 Å². The Balaban J connectivity index is 1.51. The van der Waals surface area contributed by atoms with E-state index in [1.54, 1.807) is 11.1 Å². The molecule has 2 unspecified atom stereocenters. The smallest absolute Gasteiger partial charge is 0.0357 e. The summed E-state index contributed by atoms with van der Waals surface area (Å²) >= 11 is 0. The van der Waals surface area contributed by atoms with Crippen LogP contribution < -0.4 is 5.32 Å².